The van der Waals surface area contributed by atoms with E-state index in [0.29, 0.717) is 25.3 Å². The summed E-state index contributed by atoms with van der Waals surface area (Å²) in [5.41, 5.74) is -0.746. The van der Waals surface area contributed by atoms with Gasteiger partial charge in [-0.05, 0) is 37.8 Å². The van der Waals surface area contributed by atoms with Gasteiger partial charge in [0.1, 0.15) is 5.75 Å². The predicted molar refractivity (Wildman–Crippen MR) is 78.3 cm³/mol. The first-order chi connectivity index (χ1) is 10.5. The Balaban J connectivity index is 1.68. The van der Waals surface area contributed by atoms with Crippen molar-refractivity contribution < 1.29 is 19.4 Å². The molecule has 1 unspecified atom stereocenters. The highest BCUT2D eigenvalue weighted by Crippen LogP contribution is 2.49. The molecule has 1 amide bonds. The average molecular weight is 304 g/mol. The van der Waals surface area contributed by atoms with E-state index in [-0.39, 0.29) is 11.8 Å². The molecule has 2 fully saturated rings. The summed E-state index contributed by atoms with van der Waals surface area (Å²) in [5.74, 6) is -0.319. The molecule has 2 aliphatic rings. The van der Waals surface area contributed by atoms with Gasteiger partial charge in [-0.1, -0.05) is 6.42 Å². The van der Waals surface area contributed by atoms with Gasteiger partial charge in [-0.25, -0.2) is 0 Å². The molecule has 6 nitrogen and oxygen atoms in total. The van der Waals surface area contributed by atoms with E-state index in [2.05, 4.69) is 4.98 Å². The highest BCUT2D eigenvalue weighted by Gasteiger charge is 2.56. The summed E-state index contributed by atoms with van der Waals surface area (Å²) >= 11 is 0. The third-order valence-corrected chi connectivity index (χ3v) is 4.90. The Kier molecular flexibility index (Phi) is 3.76. The number of ether oxygens (including phenoxy) is 1. The number of likely N-dealkylation sites (tertiary alicyclic amines) is 1. The van der Waals surface area contributed by atoms with Crippen LogP contribution in [-0.2, 0) is 9.59 Å². The SMILES string of the molecule is CC(Oc1cccnc1)C(=O)N1C[C@@H]2CCC[C@@]2(C(=O)O)C1. The van der Waals surface area contributed by atoms with Crippen LogP contribution in [0.3, 0.4) is 0 Å². The molecule has 0 aromatic carbocycles. The number of fused-ring (bicyclic) bond motifs is 1. The molecule has 2 heterocycles. The van der Waals surface area contributed by atoms with Gasteiger partial charge in [-0.3, -0.25) is 14.6 Å². The number of aliphatic carboxylic acids is 1. The lowest BCUT2D eigenvalue weighted by atomic mass is 9.81. The lowest BCUT2D eigenvalue weighted by molar-refractivity contribution is -0.150. The van der Waals surface area contributed by atoms with Crippen molar-refractivity contribution in [2.24, 2.45) is 11.3 Å². The third-order valence-electron chi connectivity index (χ3n) is 4.90. The van der Waals surface area contributed by atoms with Crippen LogP contribution in [0, 0.1) is 11.3 Å². The van der Waals surface area contributed by atoms with Crippen LogP contribution >= 0.6 is 0 Å². The van der Waals surface area contributed by atoms with Gasteiger partial charge in [-0.2, -0.15) is 0 Å². The number of hydrogen-bond acceptors (Lipinski definition) is 4. The molecule has 0 radical (unpaired) electrons. The second-order valence-electron chi connectivity index (χ2n) is 6.22. The summed E-state index contributed by atoms with van der Waals surface area (Å²) in [6.07, 6.45) is 5.02. The Bertz CT molecular complexity index is 577. The smallest absolute Gasteiger partial charge is 0.311 e. The Hall–Kier alpha value is -2.11. The Labute approximate surface area is 129 Å². The first-order valence-electron chi connectivity index (χ1n) is 7.62. The molecule has 0 bridgehead atoms. The quantitative estimate of drug-likeness (QED) is 0.913. The van der Waals surface area contributed by atoms with Crippen molar-refractivity contribution in [3.8, 4) is 5.75 Å². The van der Waals surface area contributed by atoms with Crippen molar-refractivity contribution in [2.75, 3.05) is 13.1 Å². The van der Waals surface area contributed by atoms with Gasteiger partial charge >= 0.3 is 5.97 Å². The number of pyridine rings is 1. The van der Waals surface area contributed by atoms with Gasteiger partial charge in [0.2, 0.25) is 0 Å². The van der Waals surface area contributed by atoms with Crippen molar-refractivity contribution in [1.29, 1.82) is 0 Å². The molecule has 1 aromatic heterocycles. The minimum absolute atomic E-state index is 0.0690. The van der Waals surface area contributed by atoms with Crippen molar-refractivity contribution in [3.05, 3.63) is 24.5 Å². The Morgan fingerprint density at radius 2 is 2.36 bits per heavy atom. The summed E-state index contributed by atoms with van der Waals surface area (Å²) in [6.45, 7) is 2.51. The topological polar surface area (TPSA) is 79.7 Å². The van der Waals surface area contributed by atoms with Crippen LogP contribution in [0.4, 0.5) is 0 Å². The van der Waals surface area contributed by atoms with E-state index in [1.165, 1.54) is 0 Å². The molecule has 0 spiro atoms. The molecule has 3 atom stereocenters. The van der Waals surface area contributed by atoms with Crippen molar-refractivity contribution in [2.45, 2.75) is 32.3 Å². The summed E-state index contributed by atoms with van der Waals surface area (Å²) in [6, 6.07) is 3.49. The van der Waals surface area contributed by atoms with Crippen LogP contribution in [0.25, 0.3) is 0 Å². The van der Waals surface area contributed by atoms with E-state index < -0.39 is 17.5 Å². The van der Waals surface area contributed by atoms with Gasteiger partial charge in [-0.15, -0.1) is 0 Å². The van der Waals surface area contributed by atoms with Crippen LogP contribution in [0.5, 0.6) is 5.75 Å². The average Bonchev–Trinajstić information content (AvgIpc) is 3.05. The molecular weight excluding hydrogens is 284 g/mol. The second-order valence-corrected chi connectivity index (χ2v) is 6.22. The van der Waals surface area contributed by atoms with Gasteiger partial charge in [0.15, 0.2) is 6.10 Å². The minimum atomic E-state index is -0.772. The monoisotopic (exact) mass is 304 g/mol. The summed E-state index contributed by atoms with van der Waals surface area (Å²) in [7, 11) is 0. The molecule has 1 N–H and O–H groups in total. The number of aromatic nitrogens is 1. The fourth-order valence-corrected chi connectivity index (χ4v) is 3.74. The molecule has 22 heavy (non-hydrogen) atoms. The maximum Gasteiger partial charge on any atom is 0.311 e. The maximum atomic E-state index is 12.5. The number of carboxylic acid groups (broad SMARTS) is 1. The van der Waals surface area contributed by atoms with Crippen LogP contribution in [-0.4, -0.2) is 46.1 Å². The van der Waals surface area contributed by atoms with E-state index >= 15 is 0 Å². The Morgan fingerprint density at radius 1 is 1.55 bits per heavy atom. The first-order valence-corrected chi connectivity index (χ1v) is 7.62. The lowest BCUT2D eigenvalue weighted by Gasteiger charge is -2.25. The highest BCUT2D eigenvalue weighted by molar-refractivity contribution is 5.84. The van der Waals surface area contributed by atoms with Crippen LogP contribution in [0.2, 0.25) is 0 Å². The van der Waals surface area contributed by atoms with Crippen molar-refractivity contribution in [1.82, 2.24) is 9.88 Å². The predicted octanol–water partition coefficient (Wildman–Crippen LogP) is 1.56. The van der Waals surface area contributed by atoms with Crippen molar-refractivity contribution in [3.63, 3.8) is 0 Å². The van der Waals surface area contributed by atoms with Gasteiger partial charge < -0.3 is 14.7 Å². The number of nitrogens with zero attached hydrogens (tertiary/aromatic N) is 2. The first kappa shape index (κ1) is 14.8. The normalized spacial score (nSPS) is 28.2. The largest absolute Gasteiger partial charge is 0.481 e. The fourth-order valence-electron chi connectivity index (χ4n) is 3.74. The summed E-state index contributed by atoms with van der Waals surface area (Å²) in [5, 5.41) is 9.57. The molecular formula is C16H20N2O4. The van der Waals surface area contributed by atoms with E-state index in [1.807, 2.05) is 0 Å². The zero-order valence-corrected chi connectivity index (χ0v) is 12.6. The van der Waals surface area contributed by atoms with Gasteiger partial charge in [0.05, 0.1) is 11.6 Å². The van der Waals surface area contributed by atoms with Gasteiger partial charge in [0, 0.05) is 19.3 Å². The molecule has 1 aliphatic heterocycles. The molecule has 1 saturated heterocycles. The highest BCUT2D eigenvalue weighted by atomic mass is 16.5. The number of carbonyl (C=O) groups is 2. The van der Waals surface area contributed by atoms with Crippen LogP contribution in [0.15, 0.2) is 24.5 Å². The van der Waals surface area contributed by atoms with Crippen molar-refractivity contribution >= 4 is 11.9 Å². The number of carbonyl (C=O) groups excluding carboxylic acids is 1. The fraction of sp³-hybridized carbons (Fsp3) is 0.562. The van der Waals surface area contributed by atoms with E-state index in [1.54, 1.807) is 36.4 Å². The second kappa shape index (κ2) is 5.59. The molecule has 118 valence electrons. The zero-order valence-electron chi connectivity index (χ0n) is 12.6. The minimum Gasteiger partial charge on any atom is -0.481 e. The summed E-state index contributed by atoms with van der Waals surface area (Å²) in [4.78, 5) is 29.8. The third kappa shape index (κ3) is 2.42. The molecule has 1 saturated carbocycles. The molecule has 6 heteroatoms. The Morgan fingerprint density at radius 3 is 3.00 bits per heavy atom. The van der Waals surface area contributed by atoms with Gasteiger partial charge in [0.25, 0.3) is 5.91 Å². The lowest BCUT2D eigenvalue weighted by Crippen LogP contribution is -2.42. The number of carboxylic acids is 1. The number of amides is 1. The number of hydrogen-bond donors (Lipinski definition) is 1. The van der Waals surface area contributed by atoms with E-state index in [4.69, 9.17) is 4.74 Å². The number of rotatable bonds is 4. The molecule has 1 aromatic rings. The summed E-state index contributed by atoms with van der Waals surface area (Å²) < 4.78 is 5.60. The van der Waals surface area contributed by atoms with Crippen LogP contribution < -0.4 is 4.74 Å². The van der Waals surface area contributed by atoms with E-state index in [0.717, 1.165) is 12.8 Å². The van der Waals surface area contributed by atoms with E-state index in [9.17, 15) is 14.7 Å². The van der Waals surface area contributed by atoms with Crippen LogP contribution in [0.1, 0.15) is 26.2 Å². The zero-order chi connectivity index (χ0) is 15.7. The standard InChI is InChI=1S/C16H20N2O4/c1-11(22-13-5-3-7-17-8-13)14(19)18-9-12-4-2-6-16(12,10-18)15(20)21/h3,5,7-8,11-12H,2,4,6,9-10H2,1H3,(H,20,21)/t11?,12-,16+/m0/s1. The molecule has 3 rings (SSSR count). The molecule has 1 aliphatic carbocycles. The maximum absolute atomic E-state index is 12.5.